The molecule has 154 valence electrons. The van der Waals surface area contributed by atoms with Gasteiger partial charge in [-0.05, 0) is 0 Å². The van der Waals surface area contributed by atoms with Gasteiger partial charge in [0.05, 0.1) is 0 Å². The Morgan fingerprint density at radius 1 is 0.724 bits per heavy atom. The van der Waals surface area contributed by atoms with Crippen LogP contribution in [0.25, 0.3) is 0 Å². The first-order chi connectivity index (χ1) is 13.9. The zero-order valence-corrected chi connectivity index (χ0v) is 18.7. The second-order valence-corrected chi connectivity index (χ2v) is 10.8. The molecule has 0 heterocycles. The van der Waals surface area contributed by atoms with Crippen LogP contribution in [0.3, 0.4) is 0 Å². The van der Waals surface area contributed by atoms with Crippen LogP contribution >= 0.6 is 7.28 Å². The Morgan fingerprint density at radius 2 is 1.21 bits per heavy atom. The van der Waals surface area contributed by atoms with Crippen LogP contribution in [0.2, 0.25) is 0 Å². The summed E-state index contributed by atoms with van der Waals surface area (Å²) in [6, 6.07) is 23.4. The van der Waals surface area contributed by atoms with Crippen molar-refractivity contribution >= 4 is 17.9 Å². The van der Waals surface area contributed by atoms with Gasteiger partial charge in [0.25, 0.3) is 0 Å². The number of para-hydroxylation sites is 1. The summed E-state index contributed by atoms with van der Waals surface area (Å²) < 4.78 is 13.2. The summed E-state index contributed by atoms with van der Waals surface area (Å²) in [5, 5.41) is 1.43. The molecule has 0 aliphatic carbocycles. The van der Waals surface area contributed by atoms with Crippen molar-refractivity contribution in [2.75, 3.05) is 6.61 Å². The third-order valence-electron chi connectivity index (χ3n) is 5.27. The van der Waals surface area contributed by atoms with Gasteiger partial charge in [-0.1, -0.05) is 0 Å². The number of rotatable bonds is 8. The number of hydrogen-bond acceptors (Lipinski definition) is 3. The van der Waals surface area contributed by atoms with E-state index in [1.165, 1.54) is 0 Å². The van der Waals surface area contributed by atoms with Crippen LogP contribution in [0.5, 0.6) is 5.75 Å². The van der Waals surface area contributed by atoms with Crippen LogP contribution in [0, 0.1) is 20.8 Å². The minimum atomic E-state index is -4.46. The molecular weight excluding hydrogens is 379 g/mol. The van der Waals surface area contributed by atoms with E-state index in [1.54, 1.807) is 0 Å². The molecule has 0 aliphatic rings. The van der Waals surface area contributed by atoms with Crippen LogP contribution in [0.1, 0.15) is 36.5 Å². The van der Waals surface area contributed by atoms with Crippen LogP contribution in [0.15, 0.2) is 72.8 Å². The van der Waals surface area contributed by atoms with E-state index in [1.807, 2.05) is 93.6 Å². The average molecular weight is 410 g/mol. The Labute approximate surface area is 174 Å². The van der Waals surface area contributed by atoms with Crippen molar-refractivity contribution in [3.63, 3.8) is 0 Å². The van der Waals surface area contributed by atoms with Gasteiger partial charge in [0, 0.05) is 0 Å². The van der Waals surface area contributed by atoms with Gasteiger partial charge in [-0.2, -0.15) is 0 Å². The van der Waals surface area contributed by atoms with Crippen molar-refractivity contribution in [2.24, 2.45) is 0 Å². The monoisotopic (exact) mass is 410 g/mol. The third kappa shape index (κ3) is 4.09. The molecule has 0 fully saturated rings. The summed E-state index contributed by atoms with van der Waals surface area (Å²) in [5.74, 6) is 0.635. The Hall–Kier alpha value is -2.19. The molecule has 0 spiro atoms. The second kappa shape index (κ2) is 8.67. The van der Waals surface area contributed by atoms with E-state index in [0.29, 0.717) is 23.0 Å². The predicted octanol–water partition coefficient (Wildman–Crippen LogP) is 5.75. The van der Waals surface area contributed by atoms with Gasteiger partial charge in [0.2, 0.25) is 0 Å². The summed E-state index contributed by atoms with van der Waals surface area (Å²) >= 11 is 0. The van der Waals surface area contributed by atoms with Crippen molar-refractivity contribution in [3.8, 4) is 5.75 Å². The first-order valence-electron chi connectivity index (χ1n) is 10.2. The number of benzene rings is 3. The Kier molecular flexibility index (Phi) is 6.43. The van der Waals surface area contributed by atoms with Gasteiger partial charge in [0.15, 0.2) is 0 Å². The van der Waals surface area contributed by atoms with Crippen molar-refractivity contribution < 1.29 is 13.9 Å². The summed E-state index contributed by atoms with van der Waals surface area (Å²) in [7, 11) is -4.46. The van der Waals surface area contributed by atoms with E-state index in [2.05, 4.69) is 6.92 Å². The fourth-order valence-corrected chi connectivity index (χ4v) is 7.54. The molecule has 0 saturated heterocycles. The molecule has 0 radical (unpaired) electrons. The average Bonchev–Trinajstić information content (AvgIpc) is 2.71. The van der Waals surface area contributed by atoms with E-state index in [0.717, 1.165) is 29.5 Å². The van der Waals surface area contributed by atoms with Gasteiger partial charge in [-0.25, -0.2) is 0 Å². The SMILES string of the molecule is CCCCOP(O)(Oc1ccccc1C)(c1ccccc1C)c1ccccc1C. The molecule has 3 nitrogen and oxygen atoms in total. The third-order valence-corrected chi connectivity index (χ3v) is 9.17. The molecule has 0 saturated carbocycles. The van der Waals surface area contributed by atoms with Crippen LogP contribution in [0.4, 0.5) is 0 Å². The van der Waals surface area contributed by atoms with Crippen molar-refractivity contribution in [1.29, 1.82) is 0 Å². The van der Waals surface area contributed by atoms with Crippen LogP contribution < -0.4 is 15.1 Å². The molecule has 3 aromatic rings. The topological polar surface area (TPSA) is 38.7 Å². The molecule has 1 N–H and O–H groups in total. The van der Waals surface area contributed by atoms with Gasteiger partial charge in [-0.3, -0.25) is 0 Å². The zero-order chi connectivity index (χ0) is 20.9. The molecule has 0 unspecified atom stereocenters. The molecule has 0 atom stereocenters. The van der Waals surface area contributed by atoms with Crippen molar-refractivity contribution in [2.45, 2.75) is 40.5 Å². The second-order valence-electron chi connectivity index (χ2n) is 7.53. The standard InChI is InChI=1S/C25H31O3P/c1-5-6-19-27-29(26,24-17-11-8-14-21(24)3,25-18-12-9-15-22(25)4)28-23-16-10-7-13-20(23)2/h7-18,26H,5-6,19H2,1-4H3. The molecular formula is C25H31O3P. The van der Waals surface area contributed by atoms with E-state index >= 15 is 0 Å². The summed E-state index contributed by atoms with van der Waals surface area (Å²) in [4.78, 5) is 12.8. The first kappa shape index (κ1) is 21.5. The zero-order valence-electron chi connectivity index (χ0n) is 17.8. The van der Waals surface area contributed by atoms with Gasteiger partial charge in [0.1, 0.15) is 0 Å². The number of aryl methyl sites for hydroxylation is 3. The van der Waals surface area contributed by atoms with Crippen molar-refractivity contribution in [1.82, 2.24) is 0 Å². The van der Waals surface area contributed by atoms with E-state index in [-0.39, 0.29) is 0 Å². The van der Waals surface area contributed by atoms with Gasteiger partial charge in [-0.15, -0.1) is 0 Å². The molecule has 0 aliphatic heterocycles. The maximum atomic E-state index is 12.8. The van der Waals surface area contributed by atoms with Gasteiger partial charge < -0.3 is 0 Å². The molecule has 0 amide bonds. The van der Waals surface area contributed by atoms with E-state index in [4.69, 9.17) is 9.05 Å². The van der Waals surface area contributed by atoms with Gasteiger partial charge >= 0.3 is 174 Å². The predicted molar refractivity (Wildman–Crippen MR) is 123 cm³/mol. The molecule has 0 bridgehead atoms. The number of hydrogen-bond donors (Lipinski definition) is 1. The molecule has 29 heavy (non-hydrogen) atoms. The van der Waals surface area contributed by atoms with E-state index in [9.17, 15) is 4.89 Å². The summed E-state index contributed by atoms with van der Waals surface area (Å²) in [5.41, 5.74) is 2.85. The van der Waals surface area contributed by atoms with Crippen LogP contribution in [-0.4, -0.2) is 11.5 Å². The Balaban J connectivity index is 2.34. The maximum absolute atomic E-state index is 12.8. The normalized spacial score (nSPS) is 12.9. The summed E-state index contributed by atoms with van der Waals surface area (Å²) in [6.07, 6.45) is 1.81. The first-order valence-corrected chi connectivity index (χ1v) is 12.2. The van der Waals surface area contributed by atoms with E-state index < -0.39 is 7.28 Å². The fourth-order valence-electron chi connectivity index (χ4n) is 3.62. The Bertz CT molecular complexity index is 938. The fraction of sp³-hybridized carbons (Fsp3) is 0.280. The Morgan fingerprint density at radius 3 is 1.69 bits per heavy atom. The minimum absolute atomic E-state index is 0.416. The molecule has 0 aromatic heterocycles. The molecule has 4 heteroatoms. The number of unbranched alkanes of at least 4 members (excludes halogenated alkanes) is 1. The summed E-state index contributed by atoms with van der Waals surface area (Å²) in [6.45, 7) is 8.50. The molecule has 3 aromatic carbocycles. The van der Waals surface area contributed by atoms with Crippen LogP contribution in [-0.2, 0) is 4.52 Å². The molecule has 3 rings (SSSR count). The quantitative estimate of drug-likeness (QED) is 0.380. The van der Waals surface area contributed by atoms with Crippen molar-refractivity contribution in [3.05, 3.63) is 89.5 Å².